The lowest BCUT2D eigenvalue weighted by Gasteiger charge is -2.28. The Kier molecular flexibility index (Phi) is 5.39. The Morgan fingerprint density at radius 1 is 1.24 bits per heavy atom. The number of halogens is 1. The van der Waals surface area contributed by atoms with Crippen molar-refractivity contribution < 1.29 is 14.7 Å². The molecule has 0 unspecified atom stereocenters. The number of rotatable bonds is 6. The van der Waals surface area contributed by atoms with Gasteiger partial charge in [0.1, 0.15) is 0 Å². The van der Waals surface area contributed by atoms with Crippen molar-refractivity contribution in [1.82, 2.24) is 10.3 Å². The van der Waals surface area contributed by atoms with Crippen LogP contribution in [-0.2, 0) is 16.6 Å². The minimum Gasteiger partial charge on any atom is -0.476 e. The summed E-state index contributed by atoms with van der Waals surface area (Å²) in [4.78, 5) is 27.8. The Labute approximate surface area is 155 Å². The summed E-state index contributed by atoms with van der Waals surface area (Å²) in [6.45, 7) is 0.445. The third kappa shape index (κ3) is 3.85. The van der Waals surface area contributed by atoms with Crippen LogP contribution in [0.2, 0.25) is 5.02 Å². The maximum Gasteiger partial charge on any atom is 0.355 e. The molecule has 5 nitrogen and oxygen atoms in total. The van der Waals surface area contributed by atoms with Crippen LogP contribution in [0.3, 0.4) is 0 Å². The monoisotopic (exact) mass is 378 g/mol. The molecule has 1 saturated carbocycles. The van der Waals surface area contributed by atoms with Crippen molar-refractivity contribution in [3.63, 3.8) is 0 Å². The third-order valence-corrected chi connectivity index (χ3v) is 5.84. The van der Waals surface area contributed by atoms with Gasteiger partial charge in [0.15, 0.2) is 5.69 Å². The number of carbonyl (C=O) groups is 2. The second-order valence-electron chi connectivity index (χ2n) is 6.23. The zero-order valence-electron chi connectivity index (χ0n) is 13.6. The lowest BCUT2D eigenvalue weighted by atomic mass is 9.78. The lowest BCUT2D eigenvalue weighted by Crippen LogP contribution is -2.43. The largest absolute Gasteiger partial charge is 0.476 e. The summed E-state index contributed by atoms with van der Waals surface area (Å²) >= 11 is 7.27. The van der Waals surface area contributed by atoms with Crippen LogP contribution in [0.15, 0.2) is 29.6 Å². The molecule has 1 amide bonds. The highest BCUT2D eigenvalue weighted by Gasteiger charge is 2.42. The summed E-state index contributed by atoms with van der Waals surface area (Å²) in [5.74, 6) is -0.999. The molecule has 1 aliphatic rings. The van der Waals surface area contributed by atoms with E-state index in [1.54, 1.807) is 0 Å². The van der Waals surface area contributed by atoms with Crippen LogP contribution < -0.4 is 5.32 Å². The number of nitrogens with zero attached hydrogens (tertiary/aromatic N) is 1. The first-order valence-electron chi connectivity index (χ1n) is 8.23. The maximum absolute atomic E-state index is 12.9. The molecular formula is C18H19ClN2O3S. The van der Waals surface area contributed by atoms with Gasteiger partial charge in [-0.15, -0.1) is 11.3 Å². The quantitative estimate of drug-likeness (QED) is 0.803. The molecule has 0 spiro atoms. The van der Waals surface area contributed by atoms with E-state index in [0.717, 1.165) is 31.2 Å². The fourth-order valence-electron chi connectivity index (χ4n) is 3.37. The van der Waals surface area contributed by atoms with Crippen LogP contribution >= 0.6 is 22.9 Å². The molecule has 3 rings (SSSR count). The molecule has 132 valence electrons. The molecule has 1 aromatic heterocycles. The topological polar surface area (TPSA) is 79.3 Å². The van der Waals surface area contributed by atoms with E-state index in [9.17, 15) is 9.59 Å². The highest BCUT2D eigenvalue weighted by Crippen LogP contribution is 2.41. The predicted molar refractivity (Wildman–Crippen MR) is 97.4 cm³/mol. The van der Waals surface area contributed by atoms with Gasteiger partial charge in [-0.3, -0.25) is 4.79 Å². The van der Waals surface area contributed by atoms with E-state index in [-0.39, 0.29) is 11.6 Å². The minimum atomic E-state index is -1.03. The van der Waals surface area contributed by atoms with Gasteiger partial charge in [-0.25, -0.2) is 9.78 Å². The molecule has 0 atom stereocenters. The van der Waals surface area contributed by atoms with Crippen LogP contribution in [0, 0.1) is 0 Å². The molecule has 0 bridgehead atoms. The lowest BCUT2D eigenvalue weighted by molar-refractivity contribution is -0.126. The van der Waals surface area contributed by atoms with E-state index in [4.69, 9.17) is 16.7 Å². The van der Waals surface area contributed by atoms with Crippen LogP contribution in [0.4, 0.5) is 0 Å². The summed E-state index contributed by atoms with van der Waals surface area (Å²) in [6, 6.07) is 7.53. The Morgan fingerprint density at radius 3 is 2.52 bits per heavy atom. The van der Waals surface area contributed by atoms with Crippen molar-refractivity contribution in [1.29, 1.82) is 0 Å². The number of thiazole rings is 1. The van der Waals surface area contributed by atoms with Gasteiger partial charge in [0.2, 0.25) is 5.91 Å². The molecule has 1 fully saturated rings. The van der Waals surface area contributed by atoms with E-state index in [1.807, 2.05) is 24.3 Å². The first kappa shape index (κ1) is 17.9. The smallest absolute Gasteiger partial charge is 0.355 e. The predicted octanol–water partition coefficient (Wildman–Crippen LogP) is 3.67. The van der Waals surface area contributed by atoms with E-state index in [0.29, 0.717) is 23.0 Å². The normalized spacial score (nSPS) is 15.9. The number of amides is 1. The van der Waals surface area contributed by atoms with Crippen LogP contribution in [0.25, 0.3) is 0 Å². The van der Waals surface area contributed by atoms with Crippen molar-refractivity contribution >= 4 is 34.8 Å². The van der Waals surface area contributed by atoms with Crippen molar-refractivity contribution in [2.75, 3.05) is 6.54 Å². The van der Waals surface area contributed by atoms with Crippen molar-refractivity contribution in [2.24, 2.45) is 0 Å². The summed E-state index contributed by atoms with van der Waals surface area (Å²) in [7, 11) is 0. The summed E-state index contributed by atoms with van der Waals surface area (Å²) in [5.41, 5.74) is 0.578. The second-order valence-corrected chi connectivity index (χ2v) is 7.61. The van der Waals surface area contributed by atoms with E-state index >= 15 is 0 Å². The van der Waals surface area contributed by atoms with Gasteiger partial charge in [0.05, 0.1) is 10.4 Å². The van der Waals surface area contributed by atoms with Gasteiger partial charge in [0.25, 0.3) is 0 Å². The van der Waals surface area contributed by atoms with Gasteiger partial charge in [-0.05, 0) is 30.5 Å². The fraction of sp³-hybridized carbons (Fsp3) is 0.389. The summed E-state index contributed by atoms with van der Waals surface area (Å²) in [5, 5.41) is 14.8. The van der Waals surface area contributed by atoms with Crippen LogP contribution in [0.1, 0.15) is 46.7 Å². The molecule has 0 aliphatic heterocycles. The van der Waals surface area contributed by atoms with Crippen molar-refractivity contribution in [3.05, 3.63) is 50.9 Å². The molecule has 2 aromatic rings. The van der Waals surface area contributed by atoms with Crippen molar-refractivity contribution in [2.45, 2.75) is 37.5 Å². The number of aromatic nitrogens is 1. The number of benzene rings is 1. The third-order valence-electron chi connectivity index (χ3n) is 4.68. The van der Waals surface area contributed by atoms with Crippen LogP contribution in [-0.4, -0.2) is 28.5 Å². The molecule has 1 aliphatic carbocycles. The molecule has 1 aromatic carbocycles. The highest BCUT2D eigenvalue weighted by molar-refractivity contribution is 7.09. The van der Waals surface area contributed by atoms with E-state index in [2.05, 4.69) is 10.3 Å². The Morgan fingerprint density at radius 2 is 1.92 bits per heavy atom. The maximum atomic E-state index is 12.9. The van der Waals surface area contributed by atoms with Gasteiger partial charge in [-0.1, -0.05) is 36.6 Å². The number of carboxylic acids is 1. The fourth-order valence-corrected chi connectivity index (χ4v) is 4.27. The molecule has 7 heteroatoms. The molecular weight excluding hydrogens is 360 g/mol. The Hall–Kier alpha value is -1.92. The van der Waals surface area contributed by atoms with Gasteiger partial charge in [-0.2, -0.15) is 0 Å². The van der Waals surface area contributed by atoms with E-state index < -0.39 is 11.4 Å². The average molecular weight is 379 g/mol. The first-order chi connectivity index (χ1) is 12.0. The molecule has 2 N–H and O–H groups in total. The Bertz CT molecular complexity index is 767. The van der Waals surface area contributed by atoms with Crippen LogP contribution in [0.5, 0.6) is 0 Å². The second kappa shape index (κ2) is 7.54. The highest BCUT2D eigenvalue weighted by atomic mass is 35.5. The first-order valence-corrected chi connectivity index (χ1v) is 9.49. The zero-order chi connectivity index (χ0) is 17.9. The average Bonchev–Trinajstić information content (AvgIpc) is 3.25. The number of nitrogens with one attached hydrogen (secondary N) is 1. The summed E-state index contributed by atoms with van der Waals surface area (Å²) in [6.07, 6.45) is 4.26. The minimum absolute atomic E-state index is 0.0299. The van der Waals surface area contributed by atoms with Gasteiger partial charge < -0.3 is 10.4 Å². The van der Waals surface area contributed by atoms with E-state index in [1.165, 1.54) is 16.7 Å². The molecule has 1 heterocycles. The molecule has 0 saturated heterocycles. The Balaban J connectivity index is 1.65. The van der Waals surface area contributed by atoms with Gasteiger partial charge in [0, 0.05) is 23.4 Å². The number of hydrogen-bond donors (Lipinski definition) is 2. The number of aromatic carboxylic acids is 1. The number of carbonyl (C=O) groups excluding carboxylic acids is 1. The van der Waals surface area contributed by atoms with Crippen molar-refractivity contribution in [3.8, 4) is 0 Å². The van der Waals surface area contributed by atoms with Gasteiger partial charge >= 0.3 is 5.97 Å². The number of carboxylic acid groups (broad SMARTS) is 1. The zero-order valence-corrected chi connectivity index (χ0v) is 15.2. The SMILES string of the molecule is O=C(O)c1csc(CCNC(=O)C2(c3ccc(Cl)cc3)CCCC2)n1. The standard InChI is InChI=1S/C18H19ClN2O3S/c19-13-5-3-12(4-6-13)18(8-1-2-9-18)17(24)20-10-7-15-21-14(11-25-15)16(22)23/h3-6,11H,1-2,7-10H2,(H,20,24)(H,22,23). The summed E-state index contributed by atoms with van der Waals surface area (Å²) < 4.78 is 0. The molecule has 0 radical (unpaired) electrons. The molecule has 25 heavy (non-hydrogen) atoms. The number of hydrogen-bond acceptors (Lipinski definition) is 4.